The molecule has 17 heavy (non-hydrogen) atoms. The predicted molar refractivity (Wildman–Crippen MR) is 62.2 cm³/mol. The molecule has 1 aliphatic rings. The minimum Gasteiger partial charge on any atom is -0.295 e. The van der Waals surface area contributed by atoms with Crippen LogP contribution in [-0.4, -0.2) is 26.5 Å². The van der Waals surface area contributed by atoms with Crippen molar-refractivity contribution in [3.05, 3.63) is 29.6 Å². The van der Waals surface area contributed by atoms with Crippen LogP contribution in [-0.2, 0) is 10.0 Å². The normalized spacial score (nSPS) is 18.4. The molecule has 0 saturated carbocycles. The topological polar surface area (TPSA) is 54.5 Å². The predicted octanol–water partition coefficient (Wildman–Crippen LogP) is 1.57. The highest BCUT2D eigenvalue weighted by molar-refractivity contribution is 7.93. The quantitative estimate of drug-likeness (QED) is 0.756. The van der Waals surface area contributed by atoms with Gasteiger partial charge < -0.3 is 0 Å². The van der Waals surface area contributed by atoms with E-state index in [4.69, 9.17) is 0 Å². The maximum Gasteiger partial charge on any atom is 0.235 e. The van der Waals surface area contributed by atoms with Crippen molar-refractivity contribution in [2.75, 3.05) is 16.6 Å². The molecule has 1 saturated heterocycles. The highest BCUT2D eigenvalue weighted by Crippen LogP contribution is 2.27. The molecule has 0 aromatic heterocycles. The second kappa shape index (κ2) is 4.10. The van der Waals surface area contributed by atoms with Crippen molar-refractivity contribution in [2.24, 2.45) is 0 Å². The Hall–Kier alpha value is -1.43. The van der Waals surface area contributed by atoms with Crippen molar-refractivity contribution < 1.29 is 17.6 Å². The lowest BCUT2D eigenvalue weighted by atomic mass is 10.1. The number of hydrogen-bond acceptors (Lipinski definition) is 3. The summed E-state index contributed by atoms with van der Waals surface area (Å²) in [5.41, 5.74) is 0.260. The van der Waals surface area contributed by atoms with Crippen LogP contribution in [0.15, 0.2) is 18.2 Å². The first kappa shape index (κ1) is 12.0. The lowest BCUT2D eigenvalue weighted by Gasteiger charge is -2.17. The Kier molecular flexibility index (Phi) is 2.91. The molecule has 1 aromatic carbocycles. The van der Waals surface area contributed by atoms with Crippen LogP contribution in [0, 0.1) is 5.82 Å². The summed E-state index contributed by atoms with van der Waals surface area (Å²) in [6, 6.07) is 3.86. The second-order valence-electron chi connectivity index (χ2n) is 3.96. The Morgan fingerprint density at radius 2 is 2.12 bits per heavy atom. The number of carbonyl (C=O) groups excluding carboxylic acids is 1. The van der Waals surface area contributed by atoms with E-state index in [2.05, 4.69) is 0 Å². The molecule has 0 radical (unpaired) electrons. The average molecular weight is 257 g/mol. The Morgan fingerprint density at radius 3 is 2.59 bits per heavy atom. The molecule has 6 heteroatoms. The highest BCUT2D eigenvalue weighted by atomic mass is 32.2. The van der Waals surface area contributed by atoms with Crippen molar-refractivity contribution in [3.8, 4) is 0 Å². The van der Waals surface area contributed by atoms with Gasteiger partial charge >= 0.3 is 0 Å². The summed E-state index contributed by atoms with van der Waals surface area (Å²) >= 11 is 0. The smallest absolute Gasteiger partial charge is 0.235 e. The molecule has 92 valence electrons. The van der Waals surface area contributed by atoms with Crippen LogP contribution in [0.25, 0.3) is 0 Å². The van der Waals surface area contributed by atoms with E-state index in [0.717, 1.165) is 10.4 Å². The number of benzene rings is 1. The molecule has 0 N–H and O–H groups in total. The van der Waals surface area contributed by atoms with Gasteiger partial charge in [-0.1, -0.05) is 0 Å². The van der Waals surface area contributed by atoms with Gasteiger partial charge in [-0.25, -0.2) is 12.8 Å². The number of Topliss-reactive ketones (excluding diaryl/α,β-unsaturated/α-hetero) is 1. The van der Waals surface area contributed by atoms with Gasteiger partial charge in [0.05, 0.1) is 11.4 Å². The number of hydrogen-bond donors (Lipinski definition) is 0. The van der Waals surface area contributed by atoms with E-state index >= 15 is 0 Å². The van der Waals surface area contributed by atoms with E-state index in [-0.39, 0.29) is 22.8 Å². The molecule has 0 bridgehead atoms. The van der Waals surface area contributed by atoms with Gasteiger partial charge in [0.2, 0.25) is 10.0 Å². The summed E-state index contributed by atoms with van der Waals surface area (Å²) in [5, 5.41) is 0. The van der Waals surface area contributed by atoms with Crippen LogP contribution in [0.4, 0.5) is 10.1 Å². The summed E-state index contributed by atoms with van der Waals surface area (Å²) in [6.45, 7) is 1.62. The van der Waals surface area contributed by atoms with E-state index in [1.807, 2.05) is 0 Å². The number of halogens is 1. The molecule has 0 unspecified atom stereocenters. The zero-order valence-corrected chi connectivity index (χ0v) is 10.1. The first-order chi connectivity index (χ1) is 7.92. The molecule has 1 fully saturated rings. The number of ketones is 1. The third-order valence-electron chi connectivity index (χ3n) is 2.72. The summed E-state index contributed by atoms with van der Waals surface area (Å²) < 4.78 is 38.1. The lowest BCUT2D eigenvalue weighted by Crippen LogP contribution is -2.26. The van der Waals surface area contributed by atoms with Gasteiger partial charge in [0.15, 0.2) is 5.78 Å². The Morgan fingerprint density at radius 1 is 1.41 bits per heavy atom. The molecule has 4 nitrogen and oxygen atoms in total. The first-order valence-corrected chi connectivity index (χ1v) is 6.83. The number of carbonyl (C=O) groups is 1. The van der Waals surface area contributed by atoms with Crippen molar-refractivity contribution >= 4 is 21.5 Å². The zero-order chi connectivity index (χ0) is 12.6. The van der Waals surface area contributed by atoms with Crippen LogP contribution in [0.2, 0.25) is 0 Å². The number of anilines is 1. The van der Waals surface area contributed by atoms with E-state index < -0.39 is 15.8 Å². The first-order valence-electron chi connectivity index (χ1n) is 5.23. The van der Waals surface area contributed by atoms with Gasteiger partial charge in [0.1, 0.15) is 5.82 Å². The van der Waals surface area contributed by atoms with E-state index in [1.165, 1.54) is 19.1 Å². The fourth-order valence-electron chi connectivity index (χ4n) is 1.84. The Balaban J connectivity index is 2.44. The molecule has 1 heterocycles. The van der Waals surface area contributed by atoms with Gasteiger partial charge in [0, 0.05) is 12.1 Å². The highest BCUT2D eigenvalue weighted by Gasteiger charge is 2.30. The maximum atomic E-state index is 13.7. The van der Waals surface area contributed by atoms with Gasteiger partial charge in [-0.15, -0.1) is 0 Å². The Bertz CT molecular complexity index is 568. The van der Waals surface area contributed by atoms with Gasteiger partial charge in [-0.2, -0.15) is 0 Å². The van der Waals surface area contributed by atoms with E-state index in [0.29, 0.717) is 13.0 Å². The standard InChI is InChI=1S/C11H12FNO3S/c1-8(14)9-3-4-11(10(12)7-9)13-5-2-6-17(13,15)16/h3-4,7H,2,5-6H2,1H3. The fourth-order valence-corrected chi connectivity index (χ4v) is 3.41. The minimum atomic E-state index is -3.39. The third-order valence-corrected chi connectivity index (χ3v) is 4.58. The molecule has 0 aliphatic carbocycles. The van der Waals surface area contributed by atoms with Crippen molar-refractivity contribution in [3.63, 3.8) is 0 Å². The molecule has 1 aliphatic heterocycles. The van der Waals surface area contributed by atoms with Crippen LogP contribution in [0.1, 0.15) is 23.7 Å². The monoisotopic (exact) mass is 257 g/mol. The van der Waals surface area contributed by atoms with Crippen molar-refractivity contribution in [2.45, 2.75) is 13.3 Å². The average Bonchev–Trinajstić information content (AvgIpc) is 2.58. The van der Waals surface area contributed by atoms with Crippen LogP contribution >= 0.6 is 0 Å². The minimum absolute atomic E-state index is 0.0208. The van der Waals surface area contributed by atoms with E-state index in [1.54, 1.807) is 0 Å². The number of rotatable bonds is 2. The third kappa shape index (κ3) is 2.17. The SMILES string of the molecule is CC(=O)c1ccc(N2CCCS2(=O)=O)c(F)c1. The molecule has 0 amide bonds. The van der Waals surface area contributed by atoms with Gasteiger partial charge in [-0.3, -0.25) is 9.10 Å². The molecule has 1 aromatic rings. The van der Waals surface area contributed by atoms with Crippen LogP contribution in [0.5, 0.6) is 0 Å². The second-order valence-corrected chi connectivity index (χ2v) is 5.98. The van der Waals surface area contributed by atoms with E-state index in [9.17, 15) is 17.6 Å². The number of sulfonamides is 1. The van der Waals surface area contributed by atoms with Gasteiger partial charge in [-0.05, 0) is 31.5 Å². The molecular weight excluding hydrogens is 245 g/mol. The van der Waals surface area contributed by atoms with Gasteiger partial charge in [0.25, 0.3) is 0 Å². The summed E-state index contributed by atoms with van der Waals surface area (Å²) in [5.74, 6) is -0.885. The summed E-state index contributed by atoms with van der Waals surface area (Å²) in [7, 11) is -3.39. The van der Waals surface area contributed by atoms with Crippen molar-refractivity contribution in [1.29, 1.82) is 0 Å². The van der Waals surface area contributed by atoms with Crippen molar-refractivity contribution in [1.82, 2.24) is 0 Å². The number of nitrogens with zero attached hydrogens (tertiary/aromatic N) is 1. The summed E-state index contributed by atoms with van der Waals surface area (Å²) in [6.07, 6.45) is 0.496. The Labute approximate surface area is 99.1 Å². The summed E-state index contributed by atoms with van der Waals surface area (Å²) in [4.78, 5) is 11.1. The maximum absolute atomic E-state index is 13.7. The fraction of sp³-hybridized carbons (Fsp3) is 0.364. The van der Waals surface area contributed by atoms with Crippen LogP contribution < -0.4 is 4.31 Å². The van der Waals surface area contributed by atoms with Crippen LogP contribution in [0.3, 0.4) is 0 Å². The molecule has 0 atom stereocenters. The zero-order valence-electron chi connectivity index (χ0n) is 9.31. The molecular formula is C11H12FNO3S. The molecule has 0 spiro atoms. The molecule has 2 rings (SSSR count). The lowest BCUT2D eigenvalue weighted by molar-refractivity contribution is 0.101. The largest absolute Gasteiger partial charge is 0.295 e.